The molecule has 94 valence electrons. The number of thiazole rings is 1. The maximum atomic E-state index is 13.5. The highest BCUT2D eigenvalue weighted by molar-refractivity contribution is 14.1. The SMILES string of the molecule is Nc1csc(NN=Cc2c(I)ccc(F)c2F)n1. The van der Waals surface area contributed by atoms with Gasteiger partial charge in [0.2, 0.25) is 5.13 Å². The standard InChI is InChI=1S/C10H7F2IN4S/c11-6-1-2-7(13)5(9(6)12)3-15-17-10-16-8(14)4-18-10/h1-4H,14H2,(H,16,17). The van der Waals surface area contributed by atoms with Crippen LogP contribution in [0.25, 0.3) is 0 Å². The Bertz CT molecular complexity index is 600. The van der Waals surface area contributed by atoms with Gasteiger partial charge in [0.15, 0.2) is 11.6 Å². The minimum absolute atomic E-state index is 0.0904. The second-order valence-corrected chi connectivity index (χ2v) is 5.22. The Kier molecular flexibility index (Phi) is 4.07. The summed E-state index contributed by atoms with van der Waals surface area (Å²) in [6.07, 6.45) is 1.21. The Labute approximate surface area is 119 Å². The van der Waals surface area contributed by atoms with E-state index in [1.807, 2.05) is 22.6 Å². The van der Waals surface area contributed by atoms with Crippen LogP contribution in [-0.4, -0.2) is 11.2 Å². The summed E-state index contributed by atoms with van der Waals surface area (Å²) in [5.41, 5.74) is 8.11. The van der Waals surface area contributed by atoms with E-state index < -0.39 is 11.6 Å². The monoisotopic (exact) mass is 380 g/mol. The predicted octanol–water partition coefficient (Wildman–Crippen LogP) is 3.05. The maximum Gasteiger partial charge on any atom is 0.205 e. The summed E-state index contributed by atoms with van der Waals surface area (Å²) < 4.78 is 27.1. The van der Waals surface area contributed by atoms with Crippen molar-refractivity contribution in [3.05, 3.63) is 38.3 Å². The summed E-state index contributed by atoms with van der Waals surface area (Å²) >= 11 is 3.17. The van der Waals surface area contributed by atoms with Gasteiger partial charge in [0.1, 0.15) is 5.82 Å². The molecule has 0 bridgehead atoms. The molecule has 0 atom stereocenters. The molecule has 3 N–H and O–H groups in total. The molecule has 0 fully saturated rings. The van der Waals surface area contributed by atoms with E-state index in [0.717, 1.165) is 6.07 Å². The maximum absolute atomic E-state index is 13.5. The van der Waals surface area contributed by atoms with E-state index in [0.29, 0.717) is 14.5 Å². The molecular weight excluding hydrogens is 373 g/mol. The predicted molar refractivity (Wildman–Crippen MR) is 76.8 cm³/mol. The second-order valence-electron chi connectivity index (χ2n) is 3.20. The number of hydrazone groups is 1. The number of rotatable bonds is 3. The van der Waals surface area contributed by atoms with Crippen LogP contribution < -0.4 is 11.2 Å². The molecule has 0 saturated carbocycles. The Morgan fingerprint density at radius 1 is 1.44 bits per heavy atom. The fourth-order valence-electron chi connectivity index (χ4n) is 1.15. The summed E-state index contributed by atoms with van der Waals surface area (Å²) in [6.45, 7) is 0. The fourth-order valence-corrected chi connectivity index (χ4v) is 2.26. The molecule has 0 aliphatic heterocycles. The van der Waals surface area contributed by atoms with Gasteiger partial charge in [-0.25, -0.2) is 13.8 Å². The van der Waals surface area contributed by atoms with Crippen molar-refractivity contribution in [2.45, 2.75) is 0 Å². The average Bonchev–Trinajstić information content (AvgIpc) is 2.74. The van der Waals surface area contributed by atoms with Crippen LogP contribution in [0.1, 0.15) is 5.56 Å². The van der Waals surface area contributed by atoms with E-state index in [9.17, 15) is 8.78 Å². The molecule has 2 aromatic rings. The van der Waals surface area contributed by atoms with Crippen molar-refractivity contribution in [1.82, 2.24) is 4.98 Å². The van der Waals surface area contributed by atoms with Gasteiger partial charge in [0.05, 0.1) is 6.21 Å². The highest BCUT2D eigenvalue weighted by Crippen LogP contribution is 2.18. The van der Waals surface area contributed by atoms with E-state index in [1.165, 1.54) is 23.6 Å². The first kappa shape index (κ1) is 13.1. The van der Waals surface area contributed by atoms with Crippen molar-refractivity contribution in [2.75, 3.05) is 11.2 Å². The summed E-state index contributed by atoms with van der Waals surface area (Å²) in [7, 11) is 0. The summed E-state index contributed by atoms with van der Waals surface area (Å²) in [5, 5.41) is 5.92. The third-order valence-electron chi connectivity index (χ3n) is 1.96. The van der Waals surface area contributed by atoms with Crippen molar-refractivity contribution in [3.63, 3.8) is 0 Å². The molecule has 0 saturated heterocycles. The van der Waals surface area contributed by atoms with Gasteiger partial charge in [0.25, 0.3) is 0 Å². The Morgan fingerprint density at radius 2 is 2.22 bits per heavy atom. The zero-order chi connectivity index (χ0) is 13.1. The van der Waals surface area contributed by atoms with Crippen LogP contribution in [-0.2, 0) is 0 Å². The zero-order valence-electron chi connectivity index (χ0n) is 8.82. The topological polar surface area (TPSA) is 63.3 Å². The molecule has 8 heteroatoms. The number of nitrogens with zero attached hydrogens (tertiary/aromatic N) is 2. The van der Waals surface area contributed by atoms with Gasteiger partial charge in [-0.15, -0.1) is 11.3 Å². The van der Waals surface area contributed by atoms with Crippen molar-refractivity contribution < 1.29 is 8.78 Å². The first-order valence-electron chi connectivity index (χ1n) is 4.71. The van der Waals surface area contributed by atoms with E-state index in [1.54, 1.807) is 5.38 Å². The lowest BCUT2D eigenvalue weighted by Gasteiger charge is -2.01. The molecule has 0 aliphatic carbocycles. The number of nitrogen functional groups attached to an aromatic ring is 1. The van der Waals surface area contributed by atoms with Gasteiger partial charge in [-0.2, -0.15) is 5.10 Å². The molecule has 0 amide bonds. The summed E-state index contributed by atoms with van der Waals surface area (Å²) in [6, 6.07) is 2.55. The molecule has 0 spiro atoms. The van der Waals surface area contributed by atoms with Crippen LogP contribution in [0.3, 0.4) is 0 Å². The number of aromatic nitrogens is 1. The van der Waals surface area contributed by atoms with Crippen LogP contribution in [0.5, 0.6) is 0 Å². The second kappa shape index (κ2) is 5.57. The highest BCUT2D eigenvalue weighted by Gasteiger charge is 2.09. The zero-order valence-corrected chi connectivity index (χ0v) is 11.8. The quantitative estimate of drug-likeness (QED) is 0.373. The van der Waals surface area contributed by atoms with Crippen LogP contribution >= 0.6 is 33.9 Å². The molecule has 1 heterocycles. The van der Waals surface area contributed by atoms with Crippen molar-refractivity contribution in [1.29, 1.82) is 0 Å². The number of hydrogen-bond donors (Lipinski definition) is 2. The minimum atomic E-state index is -0.925. The lowest BCUT2D eigenvalue weighted by atomic mass is 10.2. The third kappa shape index (κ3) is 2.93. The molecule has 18 heavy (non-hydrogen) atoms. The molecule has 0 aliphatic rings. The summed E-state index contributed by atoms with van der Waals surface area (Å²) in [5.74, 6) is -1.45. The number of hydrogen-bond acceptors (Lipinski definition) is 5. The Morgan fingerprint density at radius 3 is 2.89 bits per heavy atom. The van der Waals surface area contributed by atoms with Gasteiger partial charge >= 0.3 is 0 Å². The van der Waals surface area contributed by atoms with Crippen LogP contribution in [0.2, 0.25) is 0 Å². The molecule has 4 nitrogen and oxygen atoms in total. The normalized spacial score (nSPS) is 11.1. The first-order valence-corrected chi connectivity index (χ1v) is 6.67. The molecule has 1 aromatic heterocycles. The number of anilines is 2. The van der Waals surface area contributed by atoms with Crippen molar-refractivity contribution >= 4 is 51.1 Å². The van der Waals surface area contributed by atoms with Crippen LogP contribution in [0.15, 0.2) is 22.6 Å². The number of nitrogens with one attached hydrogen (secondary N) is 1. The van der Waals surface area contributed by atoms with E-state index in [-0.39, 0.29) is 5.56 Å². The Balaban J connectivity index is 2.16. The molecule has 1 aromatic carbocycles. The van der Waals surface area contributed by atoms with Gasteiger partial charge in [-0.3, -0.25) is 5.43 Å². The van der Waals surface area contributed by atoms with E-state index >= 15 is 0 Å². The largest absolute Gasteiger partial charge is 0.383 e. The van der Waals surface area contributed by atoms with Crippen LogP contribution in [0, 0.1) is 15.2 Å². The van der Waals surface area contributed by atoms with Gasteiger partial charge in [-0.1, -0.05) is 0 Å². The molecule has 0 radical (unpaired) electrons. The van der Waals surface area contributed by atoms with E-state index in [4.69, 9.17) is 5.73 Å². The molecule has 2 rings (SSSR count). The van der Waals surface area contributed by atoms with Crippen molar-refractivity contribution in [2.24, 2.45) is 5.10 Å². The minimum Gasteiger partial charge on any atom is -0.383 e. The average molecular weight is 380 g/mol. The van der Waals surface area contributed by atoms with E-state index in [2.05, 4.69) is 15.5 Å². The smallest absolute Gasteiger partial charge is 0.205 e. The lowest BCUT2D eigenvalue weighted by molar-refractivity contribution is 0.506. The van der Waals surface area contributed by atoms with Crippen LogP contribution in [0.4, 0.5) is 19.7 Å². The van der Waals surface area contributed by atoms with Crippen molar-refractivity contribution in [3.8, 4) is 0 Å². The summed E-state index contributed by atoms with van der Waals surface area (Å²) in [4.78, 5) is 3.91. The third-order valence-corrected chi connectivity index (χ3v) is 3.66. The highest BCUT2D eigenvalue weighted by atomic mass is 127. The van der Waals surface area contributed by atoms with Gasteiger partial charge in [-0.05, 0) is 34.7 Å². The molecular formula is C10H7F2IN4S. The lowest BCUT2D eigenvalue weighted by Crippen LogP contribution is -1.98. The molecule has 0 unspecified atom stereocenters. The number of halogens is 3. The first-order chi connectivity index (χ1) is 8.58. The fraction of sp³-hybridized carbons (Fsp3) is 0. The van der Waals surface area contributed by atoms with Gasteiger partial charge in [0, 0.05) is 14.5 Å². The Hall–Kier alpha value is -1.29. The number of benzene rings is 1. The number of nitrogens with two attached hydrogens (primary N) is 1. The van der Waals surface area contributed by atoms with Gasteiger partial charge < -0.3 is 5.73 Å².